The van der Waals surface area contributed by atoms with Gasteiger partial charge in [0, 0.05) is 22.7 Å². The lowest BCUT2D eigenvalue weighted by Gasteiger charge is -2.49. The van der Waals surface area contributed by atoms with E-state index in [1.54, 1.807) is 19.3 Å². The molecule has 8 nitrogen and oxygen atoms in total. The highest BCUT2D eigenvalue weighted by atomic mass is 35.5. The van der Waals surface area contributed by atoms with E-state index in [0.29, 0.717) is 40.2 Å². The molecule has 1 aliphatic rings. The van der Waals surface area contributed by atoms with Crippen LogP contribution in [0, 0.1) is 5.92 Å². The number of imidazole rings is 1. The summed E-state index contributed by atoms with van der Waals surface area (Å²) in [6.45, 7) is 7.73. The Morgan fingerprint density at radius 1 is 1.18 bits per heavy atom. The van der Waals surface area contributed by atoms with E-state index in [9.17, 15) is 4.79 Å². The van der Waals surface area contributed by atoms with Gasteiger partial charge in [0.05, 0.1) is 24.1 Å². The quantitative estimate of drug-likeness (QED) is 0.259. The van der Waals surface area contributed by atoms with Gasteiger partial charge in [-0.2, -0.15) is 0 Å². The van der Waals surface area contributed by atoms with Crippen LogP contribution in [0.4, 0.5) is 5.82 Å². The summed E-state index contributed by atoms with van der Waals surface area (Å²) >= 11 is 13.1. The van der Waals surface area contributed by atoms with E-state index >= 15 is 0 Å². The average Bonchev–Trinajstić information content (AvgIpc) is 3.22. The number of rotatable bonds is 9. The lowest BCUT2D eigenvalue weighted by atomic mass is 9.89. The Morgan fingerprint density at radius 2 is 2.00 bits per heavy atom. The lowest BCUT2D eigenvalue weighted by molar-refractivity contribution is -0.141. The second kappa shape index (κ2) is 10.4. The normalized spacial score (nSPS) is 15.3. The predicted octanol–water partition coefficient (Wildman–Crippen LogP) is 6.33. The first-order valence-electron chi connectivity index (χ1n) is 12.5. The minimum Gasteiger partial charge on any atom is -0.494 e. The molecule has 38 heavy (non-hydrogen) atoms. The minimum absolute atomic E-state index is 0.00699. The summed E-state index contributed by atoms with van der Waals surface area (Å²) in [4.78, 5) is 27.6. The number of anilines is 1. The van der Waals surface area contributed by atoms with Crippen LogP contribution in [0.15, 0.2) is 48.8 Å². The highest BCUT2D eigenvalue weighted by molar-refractivity contribution is 6.33. The maximum atomic E-state index is 11.1. The van der Waals surface area contributed by atoms with Crippen molar-refractivity contribution in [3.8, 4) is 17.1 Å². The number of benzene rings is 2. The first-order valence-corrected chi connectivity index (χ1v) is 13.3. The molecule has 0 aliphatic carbocycles. The Morgan fingerprint density at radius 3 is 2.66 bits per heavy atom. The number of ether oxygens (including phenoxy) is 1. The van der Waals surface area contributed by atoms with Crippen molar-refractivity contribution in [2.45, 2.75) is 45.7 Å². The number of carboxylic acid groups (broad SMARTS) is 1. The van der Waals surface area contributed by atoms with Gasteiger partial charge in [0.15, 0.2) is 17.0 Å². The van der Waals surface area contributed by atoms with Crippen molar-refractivity contribution >= 4 is 46.2 Å². The van der Waals surface area contributed by atoms with Crippen LogP contribution in [0.5, 0.6) is 5.75 Å². The molecular weight excluding hydrogens is 525 g/mol. The van der Waals surface area contributed by atoms with Crippen molar-refractivity contribution in [2.75, 3.05) is 18.1 Å². The van der Waals surface area contributed by atoms with Gasteiger partial charge in [0.2, 0.25) is 0 Å². The number of fused-ring (bicyclic) bond motifs is 1. The number of nitrogens with zero attached hydrogens (tertiary/aromatic N) is 5. The van der Waals surface area contributed by atoms with Crippen molar-refractivity contribution in [1.29, 1.82) is 0 Å². The van der Waals surface area contributed by atoms with E-state index < -0.39 is 11.9 Å². The van der Waals surface area contributed by atoms with Crippen LogP contribution < -0.4 is 9.64 Å². The highest BCUT2D eigenvalue weighted by Gasteiger charge is 2.38. The average molecular weight is 554 g/mol. The first-order chi connectivity index (χ1) is 18.1. The van der Waals surface area contributed by atoms with Crippen molar-refractivity contribution in [1.82, 2.24) is 19.5 Å². The maximum Gasteiger partial charge on any atom is 0.306 e. The molecule has 0 saturated carbocycles. The molecule has 1 fully saturated rings. The molecule has 1 unspecified atom stereocenters. The lowest BCUT2D eigenvalue weighted by Crippen LogP contribution is -2.56. The molecule has 0 radical (unpaired) electrons. The van der Waals surface area contributed by atoms with Gasteiger partial charge in [0.25, 0.3) is 0 Å². The molecule has 10 heteroatoms. The van der Waals surface area contributed by atoms with E-state index in [-0.39, 0.29) is 12.1 Å². The summed E-state index contributed by atoms with van der Waals surface area (Å²) in [5, 5.41) is 10.2. The molecule has 1 N–H and O–H groups in total. The van der Waals surface area contributed by atoms with E-state index in [4.69, 9.17) is 38.0 Å². The molecule has 0 bridgehead atoms. The SMILES string of the molecule is CC(CCOc1ccc(-c2nc3c(N4CCC4(C)C)ncnc3n2Cc2cccc(Cl)c2)c(Cl)c1)C(=O)O. The zero-order chi connectivity index (χ0) is 27.0. The number of hydrogen-bond acceptors (Lipinski definition) is 6. The van der Waals surface area contributed by atoms with Crippen LogP contribution >= 0.6 is 23.2 Å². The van der Waals surface area contributed by atoms with Gasteiger partial charge in [-0.25, -0.2) is 15.0 Å². The molecule has 0 amide bonds. The Bertz CT molecular complexity index is 1500. The fourth-order valence-corrected chi connectivity index (χ4v) is 5.07. The molecule has 5 rings (SSSR count). The molecule has 4 aromatic rings. The summed E-state index contributed by atoms with van der Waals surface area (Å²) in [6.07, 6.45) is 3.06. The standard InChI is InChI=1S/C28H29Cl2N5O3/c1-17(27(36)37)9-12-38-20-7-8-21(22(30)14-20)24-33-23-25(34(24)15-18-5-4-6-19(29)13-18)31-16-32-26(23)35-11-10-28(35,2)3/h4-8,13-14,16-17H,9-12,15H2,1-3H3,(H,36,37). The Hall–Kier alpha value is -3.36. The third-order valence-corrected chi connectivity index (χ3v) is 7.65. The van der Waals surface area contributed by atoms with E-state index in [1.807, 2.05) is 41.0 Å². The van der Waals surface area contributed by atoms with Gasteiger partial charge < -0.3 is 19.3 Å². The molecule has 3 heterocycles. The van der Waals surface area contributed by atoms with Crippen molar-refractivity contribution in [2.24, 2.45) is 5.92 Å². The van der Waals surface area contributed by atoms with Gasteiger partial charge in [-0.05, 0) is 62.6 Å². The maximum absolute atomic E-state index is 11.1. The number of carbonyl (C=O) groups is 1. The Balaban J connectivity index is 1.55. The fraction of sp³-hybridized carbons (Fsp3) is 0.357. The molecule has 1 saturated heterocycles. The van der Waals surface area contributed by atoms with Gasteiger partial charge in [-0.3, -0.25) is 4.79 Å². The highest BCUT2D eigenvalue weighted by Crippen LogP contribution is 2.39. The van der Waals surface area contributed by atoms with Crippen LogP contribution in [0.25, 0.3) is 22.6 Å². The van der Waals surface area contributed by atoms with Crippen LogP contribution in [-0.2, 0) is 11.3 Å². The Kier molecular flexibility index (Phi) is 7.20. The van der Waals surface area contributed by atoms with Crippen LogP contribution in [0.3, 0.4) is 0 Å². The first kappa shape index (κ1) is 26.3. The molecule has 2 aromatic carbocycles. The third-order valence-electron chi connectivity index (χ3n) is 7.10. The van der Waals surface area contributed by atoms with Gasteiger partial charge in [-0.1, -0.05) is 42.3 Å². The van der Waals surface area contributed by atoms with E-state index in [1.165, 1.54) is 0 Å². The van der Waals surface area contributed by atoms with Crippen molar-refractivity contribution in [3.63, 3.8) is 0 Å². The molecule has 2 aromatic heterocycles. The monoisotopic (exact) mass is 553 g/mol. The molecule has 0 spiro atoms. The topological polar surface area (TPSA) is 93.4 Å². The third kappa shape index (κ3) is 5.15. The summed E-state index contributed by atoms with van der Waals surface area (Å²) in [6, 6.07) is 13.1. The zero-order valence-electron chi connectivity index (χ0n) is 21.5. The number of aliphatic carboxylic acids is 1. The van der Waals surface area contributed by atoms with Crippen LogP contribution in [-0.4, -0.2) is 49.3 Å². The fourth-order valence-electron chi connectivity index (χ4n) is 4.60. The largest absolute Gasteiger partial charge is 0.494 e. The van der Waals surface area contributed by atoms with Gasteiger partial charge in [0.1, 0.15) is 17.9 Å². The van der Waals surface area contributed by atoms with E-state index in [0.717, 1.165) is 35.4 Å². The molecule has 1 aliphatic heterocycles. The van der Waals surface area contributed by atoms with Gasteiger partial charge in [-0.15, -0.1) is 0 Å². The van der Waals surface area contributed by atoms with Crippen LogP contribution in [0.2, 0.25) is 10.0 Å². The summed E-state index contributed by atoms with van der Waals surface area (Å²) < 4.78 is 7.81. The molecular formula is C28H29Cl2N5O3. The number of hydrogen-bond donors (Lipinski definition) is 1. The van der Waals surface area contributed by atoms with Gasteiger partial charge >= 0.3 is 5.97 Å². The second-order valence-electron chi connectivity index (χ2n) is 10.3. The van der Waals surface area contributed by atoms with Crippen LogP contribution in [0.1, 0.15) is 39.2 Å². The van der Waals surface area contributed by atoms with Crippen molar-refractivity contribution < 1.29 is 14.6 Å². The van der Waals surface area contributed by atoms with E-state index in [2.05, 4.69) is 28.7 Å². The van der Waals surface area contributed by atoms with Crippen molar-refractivity contribution in [3.05, 3.63) is 64.4 Å². The second-order valence-corrected chi connectivity index (χ2v) is 11.1. The smallest absolute Gasteiger partial charge is 0.306 e. The minimum atomic E-state index is -0.843. The molecule has 198 valence electrons. The number of carboxylic acids is 1. The predicted molar refractivity (Wildman–Crippen MR) is 149 cm³/mol. The number of aromatic nitrogens is 4. The Labute approximate surface area is 231 Å². The number of halogens is 2. The summed E-state index contributed by atoms with van der Waals surface area (Å²) in [7, 11) is 0. The summed E-state index contributed by atoms with van der Waals surface area (Å²) in [5.41, 5.74) is 3.16. The summed E-state index contributed by atoms with van der Waals surface area (Å²) in [5.74, 6) is 0.709. The molecule has 1 atom stereocenters. The zero-order valence-corrected chi connectivity index (χ0v) is 23.0.